The molecule has 0 atom stereocenters. The number of rotatable bonds is 5. The summed E-state index contributed by atoms with van der Waals surface area (Å²) in [5.41, 5.74) is 0. The Bertz CT molecular complexity index is 448. The summed E-state index contributed by atoms with van der Waals surface area (Å²) in [6.45, 7) is 5.41. The molecule has 0 saturated heterocycles. The lowest BCUT2D eigenvalue weighted by Gasteiger charge is -2.03. The smallest absolute Gasteiger partial charge is 0.243 e. The highest BCUT2D eigenvalue weighted by molar-refractivity contribution is 5.23. The summed E-state index contributed by atoms with van der Waals surface area (Å²) >= 11 is 0. The van der Waals surface area contributed by atoms with E-state index in [1.807, 2.05) is 19.1 Å². The normalized spacial score (nSPS) is 10.6. The number of nitrogens with zero attached hydrogens (tertiary/aromatic N) is 4. The van der Waals surface area contributed by atoms with Gasteiger partial charge in [0.15, 0.2) is 0 Å². The number of aromatic nitrogens is 4. The van der Waals surface area contributed by atoms with Crippen LogP contribution < -0.4 is 5.32 Å². The van der Waals surface area contributed by atoms with Crippen molar-refractivity contribution < 1.29 is 4.42 Å². The van der Waals surface area contributed by atoms with Crippen molar-refractivity contribution in [1.29, 1.82) is 0 Å². The molecule has 0 aliphatic heterocycles. The summed E-state index contributed by atoms with van der Waals surface area (Å²) in [5.74, 6) is 2.46. The van der Waals surface area contributed by atoms with Crippen LogP contribution >= 0.6 is 0 Å². The van der Waals surface area contributed by atoms with Gasteiger partial charge in [0.05, 0.1) is 6.54 Å². The van der Waals surface area contributed by atoms with Crippen molar-refractivity contribution in [1.82, 2.24) is 20.2 Å². The maximum absolute atomic E-state index is 5.44. The maximum Gasteiger partial charge on any atom is 0.243 e. The molecule has 2 rings (SSSR count). The highest BCUT2D eigenvalue weighted by Gasteiger charge is 2.05. The summed E-state index contributed by atoms with van der Waals surface area (Å²) < 4.78 is 7.19. The molecule has 0 fully saturated rings. The first-order valence-corrected chi connectivity index (χ1v) is 5.35. The molecule has 2 heterocycles. The standard InChI is InChI=1S/C10H15N5O/c1-3-6-15-10(12-13-14-15)11-7-9-5-4-8(2)16-9/h4-5H,3,6-7H2,1-2H3,(H,11,12,14). The topological polar surface area (TPSA) is 68.8 Å². The predicted molar refractivity (Wildman–Crippen MR) is 58.9 cm³/mol. The Balaban J connectivity index is 1.96. The minimum atomic E-state index is 0.595. The summed E-state index contributed by atoms with van der Waals surface area (Å²) in [4.78, 5) is 0. The van der Waals surface area contributed by atoms with Gasteiger partial charge in [0.25, 0.3) is 0 Å². The van der Waals surface area contributed by atoms with Crippen LogP contribution in [-0.2, 0) is 13.1 Å². The molecule has 16 heavy (non-hydrogen) atoms. The molecule has 2 aromatic rings. The highest BCUT2D eigenvalue weighted by atomic mass is 16.3. The maximum atomic E-state index is 5.44. The second-order valence-electron chi connectivity index (χ2n) is 3.59. The molecule has 2 aromatic heterocycles. The number of hydrogen-bond donors (Lipinski definition) is 1. The average Bonchev–Trinajstić information content (AvgIpc) is 2.85. The molecule has 0 aliphatic rings. The molecule has 0 unspecified atom stereocenters. The van der Waals surface area contributed by atoms with Gasteiger partial charge >= 0.3 is 0 Å². The summed E-state index contributed by atoms with van der Waals surface area (Å²) in [6, 6.07) is 3.88. The predicted octanol–water partition coefficient (Wildman–Crippen LogP) is 1.60. The lowest BCUT2D eigenvalue weighted by molar-refractivity contribution is 0.489. The van der Waals surface area contributed by atoms with E-state index >= 15 is 0 Å². The van der Waals surface area contributed by atoms with Gasteiger partial charge in [-0.25, -0.2) is 4.68 Å². The number of nitrogens with one attached hydrogen (secondary N) is 1. The van der Waals surface area contributed by atoms with Crippen LogP contribution in [0.1, 0.15) is 24.9 Å². The summed E-state index contributed by atoms with van der Waals surface area (Å²) in [7, 11) is 0. The van der Waals surface area contributed by atoms with Crippen molar-refractivity contribution in [3.63, 3.8) is 0 Å². The van der Waals surface area contributed by atoms with Gasteiger partial charge in [0.1, 0.15) is 11.5 Å². The molecule has 0 bridgehead atoms. The SMILES string of the molecule is CCCn1nnnc1NCc1ccc(C)o1. The van der Waals surface area contributed by atoms with E-state index in [2.05, 4.69) is 27.8 Å². The first kappa shape index (κ1) is 10.7. The molecule has 0 aliphatic carbocycles. The van der Waals surface area contributed by atoms with Crippen LogP contribution in [0.15, 0.2) is 16.5 Å². The number of tetrazole rings is 1. The van der Waals surface area contributed by atoms with Crippen LogP contribution in [0.2, 0.25) is 0 Å². The first-order valence-electron chi connectivity index (χ1n) is 5.35. The van der Waals surface area contributed by atoms with Gasteiger partial charge in [0, 0.05) is 6.54 Å². The molecule has 6 nitrogen and oxygen atoms in total. The Morgan fingerprint density at radius 3 is 3.00 bits per heavy atom. The van der Waals surface area contributed by atoms with E-state index in [-0.39, 0.29) is 0 Å². The van der Waals surface area contributed by atoms with E-state index < -0.39 is 0 Å². The van der Waals surface area contributed by atoms with E-state index in [4.69, 9.17) is 4.42 Å². The van der Waals surface area contributed by atoms with Crippen molar-refractivity contribution in [3.05, 3.63) is 23.7 Å². The van der Waals surface area contributed by atoms with Crippen LogP contribution in [0, 0.1) is 6.92 Å². The first-order chi connectivity index (χ1) is 7.79. The zero-order chi connectivity index (χ0) is 11.4. The quantitative estimate of drug-likeness (QED) is 0.830. The third-order valence-electron chi connectivity index (χ3n) is 2.18. The largest absolute Gasteiger partial charge is 0.465 e. The van der Waals surface area contributed by atoms with Gasteiger partial charge in [-0.1, -0.05) is 12.0 Å². The fraction of sp³-hybridized carbons (Fsp3) is 0.500. The van der Waals surface area contributed by atoms with Crippen molar-refractivity contribution in [2.75, 3.05) is 5.32 Å². The van der Waals surface area contributed by atoms with Crippen LogP contribution in [0.25, 0.3) is 0 Å². The van der Waals surface area contributed by atoms with Gasteiger partial charge in [0.2, 0.25) is 5.95 Å². The Morgan fingerprint density at radius 1 is 1.44 bits per heavy atom. The van der Waals surface area contributed by atoms with Crippen LogP contribution in [0.5, 0.6) is 0 Å². The van der Waals surface area contributed by atoms with Crippen molar-refractivity contribution in [2.24, 2.45) is 0 Å². The van der Waals surface area contributed by atoms with Gasteiger partial charge in [-0.05, 0) is 35.9 Å². The van der Waals surface area contributed by atoms with Crippen molar-refractivity contribution in [2.45, 2.75) is 33.4 Å². The van der Waals surface area contributed by atoms with Crippen LogP contribution in [0.4, 0.5) is 5.95 Å². The molecule has 0 amide bonds. The van der Waals surface area contributed by atoms with E-state index in [1.165, 1.54) is 0 Å². The molecule has 1 N–H and O–H groups in total. The minimum absolute atomic E-state index is 0.595. The Morgan fingerprint density at radius 2 is 2.31 bits per heavy atom. The molecule has 0 spiro atoms. The number of hydrogen-bond acceptors (Lipinski definition) is 5. The van der Waals surface area contributed by atoms with Crippen molar-refractivity contribution in [3.8, 4) is 0 Å². The lowest BCUT2D eigenvalue weighted by atomic mass is 10.4. The second kappa shape index (κ2) is 4.78. The van der Waals surface area contributed by atoms with E-state index in [9.17, 15) is 0 Å². The third-order valence-corrected chi connectivity index (χ3v) is 2.18. The zero-order valence-corrected chi connectivity index (χ0v) is 9.47. The monoisotopic (exact) mass is 221 g/mol. The van der Waals surface area contributed by atoms with Gasteiger partial charge in [-0.15, -0.1) is 0 Å². The van der Waals surface area contributed by atoms with Crippen LogP contribution in [-0.4, -0.2) is 20.2 Å². The van der Waals surface area contributed by atoms with Crippen LogP contribution in [0.3, 0.4) is 0 Å². The molecular weight excluding hydrogens is 206 g/mol. The van der Waals surface area contributed by atoms with Crippen molar-refractivity contribution >= 4 is 5.95 Å². The molecular formula is C10H15N5O. The fourth-order valence-electron chi connectivity index (χ4n) is 1.44. The average molecular weight is 221 g/mol. The number of aryl methyl sites for hydroxylation is 2. The third kappa shape index (κ3) is 2.39. The molecule has 0 saturated carbocycles. The summed E-state index contributed by atoms with van der Waals surface area (Å²) in [6.07, 6.45) is 1.000. The van der Waals surface area contributed by atoms with Gasteiger partial charge in [-0.3, -0.25) is 0 Å². The zero-order valence-electron chi connectivity index (χ0n) is 9.47. The van der Waals surface area contributed by atoms with E-state index in [0.717, 1.165) is 24.5 Å². The molecule has 6 heteroatoms. The molecule has 86 valence electrons. The van der Waals surface area contributed by atoms with E-state index in [1.54, 1.807) is 4.68 Å². The number of furan rings is 1. The number of anilines is 1. The molecule has 0 radical (unpaired) electrons. The Hall–Kier alpha value is -1.85. The Kier molecular flexibility index (Phi) is 3.19. The molecule has 0 aromatic carbocycles. The lowest BCUT2D eigenvalue weighted by Crippen LogP contribution is -2.08. The summed E-state index contributed by atoms with van der Waals surface area (Å²) in [5, 5.41) is 14.6. The highest BCUT2D eigenvalue weighted by Crippen LogP contribution is 2.08. The van der Waals surface area contributed by atoms with Gasteiger partial charge < -0.3 is 9.73 Å². The van der Waals surface area contributed by atoms with E-state index in [0.29, 0.717) is 12.5 Å². The Labute approximate surface area is 93.6 Å². The van der Waals surface area contributed by atoms with Gasteiger partial charge in [-0.2, -0.15) is 0 Å². The minimum Gasteiger partial charge on any atom is -0.465 e. The second-order valence-corrected chi connectivity index (χ2v) is 3.59. The fourth-order valence-corrected chi connectivity index (χ4v) is 1.44.